The summed E-state index contributed by atoms with van der Waals surface area (Å²) in [5, 5.41) is 11.9. The summed E-state index contributed by atoms with van der Waals surface area (Å²) in [6, 6.07) is 4.64. The Hall–Kier alpha value is -1.58. The Balaban J connectivity index is 2.47. The number of ether oxygens (including phenoxy) is 1. The standard InChI is InChI=1S/C19H30FNO2/c1-5-6-7-8-9-10-13-23-17-12-11-16(18(20)14-17)15-21(22)19(2,3)4/h11-12,14-15H,5-10,13H2,1-4H3. The van der Waals surface area contributed by atoms with Crippen molar-refractivity contribution in [3.63, 3.8) is 0 Å². The van der Waals surface area contributed by atoms with E-state index in [1.54, 1.807) is 32.9 Å². The Bertz CT molecular complexity index is 507. The minimum Gasteiger partial charge on any atom is -0.623 e. The van der Waals surface area contributed by atoms with E-state index in [0.717, 1.165) is 17.6 Å². The van der Waals surface area contributed by atoms with Crippen molar-refractivity contribution in [3.05, 3.63) is 34.8 Å². The van der Waals surface area contributed by atoms with Crippen LogP contribution in [0.1, 0.15) is 71.8 Å². The zero-order valence-corrected chi connectivity index (χ0v) is 14.9. The van der Waals surface area contributed by atoms with Gasteiger partial charge in [0.2, 0.25) is 0 Å². The molecule has 0 aliphatic heterocycles. The first-order chi connectivity index (χ1) is 10.8. The molecule has 3 nitrogen and oxygen atoms in total. The summed E-state index contributed by atoms with van der Waals surface area (Å²) in [4.78, 5) is 0. The van der Waals surface area contributed by atoms with Gasteiger partial charge in [0, 0.05) is 26.8 Å². The molecule has 23 heavy (non-hydrogen) atoms. The molecule has 0 spiro atoms. The summed E-state index contributed by atoms with van der Waals surface area (Å²) >= 11 is 0. The van der Waals surface area contributed by atoms with Crippen LogP contribution in [0.3, 0.4) is 0 Å². The second-order valence-corrected chi connectivity index (χ2v) is 6.93. The van der Waals surface area contributed by atoms with Crippen molar-refractivity contribution >= 4 is 6.21 Å². The van der Waals surface area contributed by atoms with Crippen LogP contribution in [0, 0.1) is 11.0 Å². The highest BCUT2D eigenvalue weighted by molar-refractivity contribution is 5.76. The van der Waals surface area contributed by atoms with Crippen molar-refractivity contribution in [2.75, 3.05) is 6.61 Å². The quantitative estimate of drug-likeness (QED) is 0.203. The maximum absolute atomic E-state index is 14.0. The molecular weight excluding hydrogens is 293 g/mol. The minimum atomic E-state index is -0.584. The van der Waals surface area contributed by atoms with Gasteiger partial charge in [-0.1, -0.05) is 39.0 Å². The number of benzene rings is 1. The molecule has 0 fully saturated rings. The zero-order valence-electron chi connectivity index (χ0n) is 14.9. The Morgan fingerprint density at radius 2 is 1.78 bits per heavy atom. The molecule has 0 unspecified atom stereocenters. The van der Waals surface area contributed by atoms with Crippen LogP contribution in [0.2, 0.25) is 0 Å². The number of nitrogens with zero attached hydrogens (tertiary/aromatic N) is 1. The van der Waals surface area contributed by atoms with Crippen LogP contribution in [-0.2, 0) is 0 Å². The third kappa shape index (κ3) is 7.49. The van der Waals surface area contributed by atoms with Crippen molar-refractivity contribution < 1.29 is 13.9 Å². The van der Waals surface area contributed by atoms with Gasteiger partial charge in [-0.2, -0.15) is 0 Å². The van der Waals surface area contributed by atoms with E-state index in [1.807, 2.05) is 0 Å². The Kier molecular flexibility index (Phi) is 8.07. The zero-order chi connectivity index (χ0) is 17.3. The molecule has 0 aliphatic rings. The maximum atomic E-state index is 14.0. The van der Waals surface area contributed by atoms with Crippen molar-refractivity contribution in [1.29, 1.82) is 0 Å². The third-order valence-corrected chi connectivity index (χ3v) is 3.66. The average molecular weight is 323 g/mol. The SMILES string of the molecule is CCCCCCCCOc1ccc(C=[N+]([O-])C(C)(C)C)c(F)c1. The lowest BCUT2D eigenvalue weighted by atomic mass is 10.1. The molecule has 0 N–H and O–H groups in total. The van der Waals surface area contributed by atoms with Crippen LogP contribution in [-0.4, -0.2) is 23.1 Å². The number of hydrogen-bond acceptors (Lipinski definition) is 2. The summed E-state index contributed by atoms with van der Waals surface area (Å²) in [5.41, 5.74) is -0.304. The normalized spacial score (nSPS) is 12.5. The number of hydroxylamine groups is 1. The molecule has 4 heteroatoms. The lowest BCUT2D eigenvalue weighted by Gasteiger charge is -2.18. The van der Waals surface area contributed by atoms with Gasteiger partial charge in [-0.25, -0.2) is 9.13 Å². The highest BCUT2D eigenvalue weighted by Crippen LogP contribution is 2.17. The van der Waals surface area contributed by atoms with Gasteiger partial charge in [-0.3, -0.25) is 0 Å². The Morgan fingerprint density at radius 3 is 2.39 bits per heavy atom. The molecular formula is C19H30FNO2. The topological polar surface area (TPSA) is 35.3 Å². The van der Waals surface area contributed by atoms with Crippen LogP contribution < -0.4 is 4.74 Å². The van der Waals surface area contributed by atoms with Gasteiger partial charge in [0.1, 0.15) is 11.6 Å². The molecule has 0 atom stereocenters. The maximum Gasteiger partial charge on any atom is 0.185 e. The first-order valence-electron chi connectivity index (χ1n) is 8.58. The van der Waals surface area contributed by atoms with E-state index in [9.17, 15) is 9.60 Å². The molecule has 0 radical (unpaired) electrons. The summed E-state index contributed by atoms with van der Waals surface area (Å²) in [5.74, 6) is 0.0805. The van der Waals surface area contributed by atoms with Crippen LogP contribution in [0.4, 0.5) is 4.39 Å². The predicted octanol–water partition coefficient (Wildman–Crippen LogP) is 5.29. The molecule has 130 valence electrons. The molecule has 0 bridgehead atoms. The summed E-state index contributed by atoms with van der Waals surface area (Å²) in [6.07, 6.45) is 8.45. The number of hydrogen-bond donors (Lipinski definition) is 0. The third-order valence-electron chi connectivity index (χ3n) is 3.66. The lowest BCUT2D eigenvalue weighted by molar-refractivity contribution is -0.530. The van der Waals surface area contributed by atoms with E-state index in [0.29, 0.717) is 12.4 Å². The predicted molar refractivity (Wildman–Crippen MR) is 93.8 cm³/mol. The Morgan fingerprint density at radius 1 is 1.13 bits per heavy atom. The lowest BCUT2D eigenvalue weighted by Crippen LogP contribution is -2.29. The molecule has 0 heterocycles. The number of halogens is 1. The number of rotatable bonds is 9. The van der Waals surface area contributed by atoms with Gasteiger partial charge < -0.3 is 9.94 Å². The van der Waals surface area contributed by atoms with E-state index >= 15 is 0 Å². The van der Waals surface area contributed by atoms with E-state index in [-0.39, 0.29) is 5.56 Å². The largest absolute Gasteiger partial charge is 0.623 e. The van der Waals surface area contributed by atoms with Gasteiger partial charge in [0.15, 0.2) is 11.8 Å². The molecule has 0 saturated heterocycles. The second kappa shape index (κ2) is 9.53. The van der Waals surface area contributed by atoms with Gasteiger partial charge in [0.25, 0.3) is 0 Å². The summed E-state index contributed by atoms with van der Waals surface area (Å²) < 4.78 is 20.4. The molecule has 0 amide bonds. The van der Waals surface area contributed by atoms with E-state index in [2.05, 4.69) is 6.92 Å². The van der Waals surface area contributed by atoms with E-state index < -0.39 is 11.4 Å². The first kappa shape index (κ1) is 19.5. The van der Waals surface area contributed by atoms with Crippen molar-refractivity contribution in [2.45, 2.75) is 71.8 Å². The molecule has 1 rings (SSSR count). The minimum absolute atomic E-state index is 0.279. The fourth-order valence-electron chi connectivity index (χ4n) is 2.09. The van der Waals surface area contributed by atoms with Gasteiger partial charge in [-0.15, -0.1) is 0 Å². The molecule has 0 aliphatic carbocycles. The van der Waals surface area contributed by atoms with Crippen molar-refractivity contribution in [2.24, 2.45) is 0 Å². The van der Waals surface area contributed by atoms with Crippen LogP contribution in [0.5, 0.6) is 5.75 Å². The fourth-order valence-corrected chi connectivity index (χ4v) is 2.09. The van der Waals surface area contributed by atoms with Crippen molar-refractivity contribution in [3.8, 4) is 5.75 Å². The second-order valence-electron chi connectivity index (χ2n) is 6.93. The first-order valence-corrected chi connectivity index (χ1v) is 8.58. The van der Waals surface area contributed by atoms with Crippen LogP contribution >= 0.6 is 0 Å². The highest BCUT2D eigenvalue weighted by atomic mass is 19.1. The van der Waals surface area contributed by atoms with E-state index in [4.69, 9.17) is 4.74 Å². The average Bonchev–Trinajstić information content (AvgIpc) is 2.48. The number of unbranched alkanes of at least 4 members (excludes halogenated alkanes) is 5. The Labute approximate surface area is 139 Å². The fraction of sp³-hybridized carbons (Fsp3) is 0.632. The highest BCUT2D eigenvalue weighted by Gasteiger charge is 2.19. The van der Waals surface area contributed by atoms with Gasteiger partial charge in [0.05, 0.1) is 12.2 Å². The van der Waals surface area contributed by atoms with Crippen molar-refractivity contribution in [1.82, 2.24) is 0 Å². The smallest absolute Gasteiger partial charge is 0.185 e. The van der Waals surface area contributed by atoms with E-state index in [1.165, 1.54) is 38.0 Å². The summed E-state index contributed by atoms with van der Waals surface area (Å²) in [6.45, 7) is 8.15. The van der Waals surface area contributed by atoms with Crippen LogP contribution in [0.25, 0.3) is 0 Å². The van der Waals surface area contributed by atoms with Gasteiger partial charge in [-0.05, 0) is 18.6 Å². The molecule has 0 aromatic heterocycles. The summed E-state index contributed by atoms with van der Waals surface area (Å²) in [7, 11) is 0. The molecule has 1 aromatic rings. The molecule has 1 aromatic carbocycles. The van der Waals surface area contributed by atoms with Crippen LogP contribution in [0.15, 0.2) is 18.2 Å². The van der Waals surface area contributed by atoms with Gasteiger partial charge >= 0.3 is 0 Å². The monoisotopic (exact) mass is 323 g/mol. The molecule has 0 saturated carbocycles.